The molecule has 1 unspecified atom stereocenters. The zero-order valence-electron chi connectivity index (χ0n) is 11.1. The average Bonchev–Trinajstić information content (AvgIpc) is 2.67. The number of hydrogen-bond donors (Lipinski definition) is 2. The number of hydrogen-bond acceptors (Lipinski definition) is 3. The van der Waals surface area contributed by atoms with Crippen LogP contribution in [0.2, 0.25) is 0 Å². The molecule has 2 aromatic rings. The second-order valence-electron chi connectivity index (χ2n) is 4.93. The van der Waals surface area contributed by atoms with Crippen LogP contribution in [-0.2, 0) is 12.6 Å². The first-order chi connectivity index (χ1) is 8.49. The van der Waals surface area contributed by atoms with Crippen molar-refractivity contribution >= 4 is 5.82 Å². The van der Waals surface area contributed by atoms with E-state index in [1.54, 1.807) is 0 Å². The van der Waals surface area contributed by atoms with Crippen molar-refractivity contribution in [3.05, 3.63) is 47.7 Å². The van der Waals surface area contributed by atoms with Crippen LogP contribution < -0.4 is 11.1 Å². The van der Waals surface area contributed by atoms with Gasteiger partial charge in [-0.05, 0) is 19.4 Å². The molecule has 0 spiro atoms. The molecule has 3 N–H and O–H groups in total. The van der Waals surface area contributed by atoms with Gasteiger partial charge in [0.05, 0.1) is 11.2 Å². The van der Waals surface area contributed by atoms with Crippen molar-refractivity contribution in [2.24, 2.45) is 12.8 Å². The normalized spacial score (nSPS) is 14.2. The van der Waals surface area contributed by atoms with Gasteiger partial charge < -0.3 is 11.1 Å². The quantitative estimate of drug-likeness (QED) is 0.865. The molecule has 4 nitrogen and oxygen atoms in total. The molecule has 0 radical (unpaired) electrons. The topological polar surface area (TPSA) is 55.9 Å². The summed E-state index contributed by atoms with van der Waals surface area (Å²) in [4.78, 5) is 0. The summed E-state index contributed by atoms with van der Waals surface area (Å²) in [5.74, 6) is 0.986. The van der Waals surface area contributed by atoms with Crippen LogP contribution in [0, 0.1) is 6.92 Å². The van der Waals surface area contributed by atoms with Gasteiger partial charge in [-0.1, -0.05) is 30.3 Å². The zero-order chi connectivity index (χ0) is 13.2. The van der Waals surface area contributed by atoms with E-state index in [0.29, 0.717) is 6.54 Å². The van der Waals surface area contributed by atoms with Crippen LogP contribution in [0.3, 0.4) is 0 Å². The lowest BCUT2D eigenvalue weighted by molar-refractivity contribution is 0.521. The van der Waals surface area contributed by atoms with Crippen LogP contribution in [0.1, 0.15) is 18.2 Å². The molecule has 0 aliphatic heterocycles. The van der Waals surface area contributed by atoms with Gasteiger partial charge in [0, 0.05) is 19.7 Å². The molecular weight excluding hydrogens is 224 g/mol. The van der Waals surface area contributed by atoms with Gasteiger partial charge in [0.15, 0.2) is 0 Å². The molecule has 4 heteroatoms. The minimum Gasteiger partial charge on any atom is -0.368 e. The number of nitrogens with two attached hydrogens (primary N) is 1. The van der Waals surface area contributed by atoms with Gasteiger partial charge in [-0.2, -0.15) is 5.10 Å². The summed E-state index contributed by atoms with van der Waals surface area (Å²) < 4.78 is 1.83. The second kappa shape index (κ2) is 4.82. The fourth-order valence-corrected chi connectivity index (χ4v) is 1.97. The third kappa shape index (κ3) is 2.71. The first-order valence-corrected chi connectivity index (χ1v) is 6.08. The predicted molar refractivity (Wildman–Crippen MR) is 74.4 cm³/mol. The van der Waals surface area contributed by atoms with E-state index in [0.717, 1.165) is 17.1 Å². The van der Waals surface area contributed by atoms with Gasteiger partial charge in [0.25, 0.3) is 0 Å². The highest BCUT2D eigenvalue weighted by molar-refractivity contribution is 5.38. The molecule has 0 bridgehead atoms. The van der Waals surface area contributed by atoms with E-state index in [1.165, 1.54) is 0 Å². The van der Waals surface area contributed by atoms with Gasteiger partial charge in [-0.3, -0.25) is 4.68 Å². The minimum atomic E-state index is -0.403. The number of nitrogens with one attached hydrogen (secondary N) is 1. The Bertz CT molecular complexity index is 514. The second-order valence-corrected chi connectivity index (χ2v) is 4.93. The third-order valence-corrected chi connectivity index (χ3v) is 3.07. The number of benzene rings is 1. The SMILES string of the molecule is Cc1cc(NCC(C)(N)c2ccccc2)n(C)n1. The smallest absolute Gasteiger partial charge is 0.124 e. The van der Waals surface area contributed by atoms with Crippen LogP contribution in [0.4, 0.5) is 5.82 Å². The van der Waals surface area contributed by atoms with E-state index >= 15 is 0 Å². The summed E-state index contributed by atoms with van der Waals surface area (Å²) in [5.41, 5.74) is 8.07. The van der Waals surface area contributed by atoms with Crippen molar-refractivity contribution in [1.29, 1.82) is 0 Å². The number of rotatable bonds is 4. The summed E-state index contributed by atoms with van der Waals surface area (Å²) in [6.45, 7) is 4.67. The van der Waals surface area contributed by atoms with Gasteiger partial charge >= 0.3 is 0 Å². The van der Waals surface area contributed by atoms with Crippen molar-refractivity contribution < 1.29 is 0 Å². The Morgan fingerprint density at radius 1 is 1.33 bits per heavy atom. The molecule has 0 fully saturated rings. The van der Waals surface area contributed by atoms with Crippen molar-refractivity contribution in [2.45, 2.75) is 19.4 Å². The molecule has 18 heavy (non-hydrogen) atoms. The molecule has 0 aliphatic carbocycles. The lowest BCUT2D eigenvalue weighted by Gasteiger charge is -2.26. The van der Waals surface area contributed by atoms with E-state index in [1.807, 2.05) is 49.8 Å². The van der Waals surface area contributed by atoms with E-state index in [-0.39, 0.29) is 0 Å². The summed E-state index contributed by atoms with van der Waals surface area (Å²) in [6, 6.07) is 12.1. The standard InChI is InChI=1S/C14H20N4/c1-11-9-13(18(3)17-11)16-10-14(2,15)12-7-5-4-6-8-12/h4-9,16H,10,15H2,1-3H3. The first-order valence-electron chi connectivity index (χ1n) is 6.08. The Kier molecular flexibility index (Phi) is 3.39. The molecule has 1 aromatic carbocycles. The van der Waals surface area contributed by atoms with Crippen molar-refractivity contribution in [1.82, 2.24) is 9.78 Å². The Morgan fingerprint density at radius 2 is 2.00 bits per heavy atom. The van der Waals surface area contributed by atoms with E-state index < -0.39 is 5.54 Å². The molecule has 96 valence electrons. The summed E-state index contributed by atoms with van der Waals surface area (Å²) >= 11 is 0. The maximum absolute atomic E-state index is 6.35. The Balaban J connectivity index is 2.08. The third-order valence-electron chi connectivity index (χ3n) is 3.07. The zero-order valence-corrected chi connectivity index (χ0v) is 11.1. The molecule has 2 rings (SSSR count). The maximum Gasteiger partial charge on any atom is 0.124 e. The molecule has 1 aromatic heterocycles. The fraction of sp³-hybridized carbons (Fsp3) is 0.357. The van der Waals surface area contributed by atoms with Crippen molar-refractivity contribution in [2.75, 3.05) is 11.9 Å². The van der Waals surface area contributed by atoms with E-state index in [4.69, 9.17) is 5.73 Å². The van der Waals surface area contributed by atoms with Crippen LogP contribution in [-0.4, -0.2) is 16.3 Å². The van der Waals surface area contributed by atoms with Crippen LogP contribution in [0.5, 0.6) is 0 Å². The van der Waals surface area contributed by atoms with Crippen LogP contribution >= 0.6 is 0 Å². The summed E-state index contributed by atoms with van der Waals surface area (Å²) in [7, 11) is 1.92. The van der Waals surface area contributed by atoms with Gasteiger partial charge in [-0.15, -0.1) is 0 Å². The number of anilines is 1. The Hall–Kier alpha value is -1.81. The van der Waals surface area contributed by atoms with Gasteiger partial charge in [-0.25, -0.2) is 0 Å². The highest BCUT2D eigenvalue weighted by atomic mass is 15.3. The number of aryl methyl sites for hydroxylation is 2. The Labute approximate surface area is 108 Å². The molecule has 1 atom stereocenters. The van der Waals surface area contributed by atoms with Gasteiger partial charge in [0.1, 0.15) is 5.82 Å². The molecular formula is C14H20N4. The lowest BCUT2D eigenvalue weighted by atomic mass is 9.93. The van der Waals surface area contributed by atoms with Crippen molar-refractivity contribution in [3.63, 3.8) is 0 Å². The summed E-state index contributed by atoms with van der Waals surface area (Å²) in [6.07, 6.45) is 0. The largest absolute Gasteiger partial charge is 0.368 e. The highest BCUT2D eigenvalue weighted by Crippen LogP contribution is 2.18. The van der Waals surface area contributed by atoms with Crippen LogP contribution in [0.25, 0.3) is 0 Å². The van der Waals surface area contributed by atoms with Crippen molar-refractivity contribution in [3.8, 4) is 0 Å². The molecule has 0 amide bonds. The first kappa shape index (κ1) is 12.6. The monoisotopic (exact) mass is 244 g/mol. The predicted octanol–water partition coefficient (Wildman–Crippen LogP) is 2.01. The molecule has 1 heterocycles. The minimum absolute atomic E-state index is 0.403. The average molecular weight is 244 g/mol. The Morgan fingerprint density at radius 3 is 2.56 bits per heavy atom. The highest BCUT2D eigenvalue weighted by Gasteiger charge is 2.20. The van der Waals surface area contributed by atoms with E-state index in [2.05, 4.69) is 22.5 Å². The number of nitrogens with zero attached hydrogens (tertiary/aromatic N) is 2. The van der Waals surface area contributed by atoms with E-state index in [9.17, 15) is 0 Å². The van der Waals surface area contributed by atoms with Gasteiger partial charge in [0.2, 0.25) is 0 Å². The summed E-state index contributed by atoms with van der Waals surface area (Å²) in [5, 5.41) is 7.65. The fourth-order valence-electron chi connectivity index (χ4n) is 1.97. The number of aromatic nitrogens is 2. The van der Waals surface area contributed by atoms with Crippen LogP contribution in [0.15, 0.2) is 36.4 Å². The molecule has 0 saturated heterocycles. The molecule has 0 aliphatic rings. The maximum atomic E-state index is 6.35. The lowest BCUT2D eigenvalue weighted by Crippen LogP contribution is -2.40. The molecule has 0 saturated carbocycles.